The summed E-state index contributed by atoms with van der Waals surface area (Å²) in [5.74, 6) is -0.454. The number of rotatable bonds is 3. The number of benzene rings is 1. The van der Waals surface area contributed by atoms with E-state index in [2.05, 4.69) is 15.9 Å². The third-order valence-corrected chi connectivity index (χ3v) is 5.23. The molecule has 19 heavy (non-hydrogen) atoms. The maximum atomic E-state index is 12.0. The maximum absolute atomic E-state index is 12.0. The van der Waals surface area contributed by atoms with Gasteiger partial charge in [-0.1, -0.05) is 0 Å². The molecule has 1 saturated carbocycles. The highest BCUT2D eigenvalue weighted by Crippen LogP contribution is 2.25. The van der Waals surface area contributed by atoms with E-state index >= 15 is 0 Å². The molecule has 1 aromatic carbocycles. The Balaban J connectivity index is 2.23. The van der Waals surface area contributed by atoms with Crippen LogP contribution in [0.3, 0.4) is 0 Å². The Morgan fingerprint density at radius 2 is 1.95 bits per heavy atom. The smallest absolute Gasteiger partial charge is 0.338 e. The second kappa shape index (κ2) is 5.63. The van der Waals surface area contributed by atoms with Gasteiger partial charge in [0.15, 0.2) is 9.84 Å². The predicted molar refractivity (Wildman–Crippen MR) is 74.9 cm³/mol. The van der Waals surface area contributed by atoms with Gasteiger partial charge in [-0.2, -0.15) is 0 Å². The minimum atomic E-state index is -3.37. The molecule has 1 aromatic rings. The minimum Gasteiger partial charge on any atom is -0.459 e. The fraction of sp³-hybridized carbons (Fsp3) is 0.462. The van der Waals surface area contributed by atoms with E-state index in [1.54, 1.807) is 12.1 Å². The largest absolute Gasteiger partial charge is 0.459 e. The van der Waals surface area contributed by atoms with Crippen LogP contribution in [-0.2, 0) is 14.6 Å². The van der Waals surface area contributed by atoms with Crippen LogP contribution < -0.4 is 0 Å². The molecule has 1 aliphatic rings. The highest BCUT2D eigenvalue weighted by Gasteiger charge is 2.21. The molecule has 0 unspecified atom stereocenters. The van der Waals surface area contributed by atoms with E-state index in [9.17, 15) is 13.2 Å². The van der Waals surface area contributed by atoms with Crippen molar-refractivity contribution >= 4 is 31.7 Å². The maximum Gasteiger partial charge on any atom is 0.338 e. The standard InChI is InChI=1S/C13H15BrO4S/c1-19(16,17)12-8-9(6-7-11(12)14)13(15)18-10-4-2-3-5-10/h6-8,10H,2-5H2,1H3. The van der Waals surface area contributed by atoms with Crippen LogP contribution >= 0.6 is 15.9 Å². The molecule has 0 N–H and O–H groups in total. The van der Waals surface area contributed by atoms with Crippen LogP contribution in [0.1, 0.15) is 36.0 Å². The fourth-order valence-electron chi connectivity index (χ4n) is 2.14. The molecule has 0 spiro atoms. The van der Waals surface area contributed by atoms with E-state index in [1.807, 2.05) is 0 Å². The molecule has 2 rings (SSSR count). The molecule has 0 atom stereocenters. The molecule has 1 fully saturated rings. The van der Waals surface area contributed by atoms with E-state index in [0.717, 1.165) is 31.9 Å². The van der Waals surface area contributed by atoms with Crippen molar-refractivity contribution in [3.8, 4) is 0 Å². The number of carbonyl (C=O) groups is 1. The van der Waals surface area contributed by atoms with Crippen molar-refractivity contribution in [2.45, 2.75) is 36.7 Å². The molecule has 0 bridgehead atoms. The summed E-state index contributed by atoms with van der Waals surface area (Å²) in [5.41, 5.74) is 0.274. The first-order chi connectivity index (χ1) is 8.88. The number of esters is 1. The van der Waals surface area contributed by atoms with Crippen molar-refractivity contribution in [1.29, 1.82) is 0 Å². The van der Waals surface area contributed by atoms with Crippen molar-refractivity contribution in [2.75, 3.05) is 6.26 Å². The highest BCUT2D eigenvalue weighted by atomic mass is 79.9. The van der Waals surface area contributed by atoms with Gasteiger partial charge in [0.2, 0.25) is 0 Å². The molecule has 0 radical (unpaired) electrons. The predicted octanol–water partition coefficient (Wildman–Crippen LogP) is 2.95. The Hall–Kier alpha value is -0.880. The van der Waals surface area contributed by atoms with Crippen molar-refractivity contribution < 1.29 is 17.9 Å². The summed E-state index contributed by atoms with van der Waals surface area (Å²) in [5, 5.41) is 0. The van der Waals surface area contributed by atoms with Crippen LogP contribution in [-0.4, -0.2) is 26.7 Å². The molecular formula is C13H15BrO4S. The molecule has 0 saturated heterocycles. The number of hydrogen-bond donors (Lipinski definition) is 0. The van der Waals surface area contributed by atoms with Crippen molar-refractivity contribution in [3.63, 3.8) is 0 Å². The quantitative estimate of drug-likeness (QED) is 0.789. The lowest BCUT2D eigenvalue weighted by atomic mass is 10.2. The summed E-state index contributed by atoms with van der Waals surface area (Å²) in [4.78, 5) is 12.1. The zero-order valence-corrected chi connectivity index (χ0v) is 13.0. The SMILES string of the molecule is CS(=O)(=O)c1cc(C(=O)OC2CCCC2)ccc1Br. The molecule has 6 heteroatoms. The van der Waals surface area contributed by atoms with Crippen molar-refractivity contribution in [3.05, 3.63) is 28.2 Å². The van der Waals surface area contributed by atoms with E-state index < -0.39 is 15.8 Å². The van der Waals surface area contributed by atoms with Crippen LogP contribution in [0, 0.1) is 0 Å². The normalized spacial score (nSPS) is 16.5. The molecule has 0 amide bonds. The Kier molecular flexibility index (Phi) is 4.30. The topological polar surface area (TPSA) is 60.4 Å². The van der Waals surface area contributed by atoms with E-state index in [0.29, 0.717) is 4.47 Å². The minimum absolute atomic E-state index is 0.0298. The van der Waals surface area contributed by atoms with Gasteiger partial charge < -0.3 is 4.74 Å². The Morgan fingerprint density at radius 3 is 2.53 bits per heavy atom. The lowest BCUT2D eigenvalue weighted by molar-refractivity contribution is 0.0317. The second-order valence-corrected chi connectivity index (χ2v) is 7.57. The molecule has 4 nitrogen and oxygen atoms in total. The molecule has 0 aliphatic heterocycles. The molecule has 104 valence electrons. The summed E-state index contributed by atoms with van der Waals surface area (Å²) < 4.78 is 29.0. The third-order valence-electron chi connectivity index (χ3n) is 3.14. The first-order valence-electron chi connectivity index (χ1n) is 6.08. The van der Waals surface area contributed by atoms with Gasteiger partial charge >= 0.3 is 5.97 Å². The summed E-state index contributed by atoms with van der Waals surface area (Å²) in [6.45, 7) is 0. The zero-order chi connectivity index (χ0) is 14.0. The second-order valence-electron chi connectivity index (χ2n) is 4.73. The molecular weight excluding hydrogens is 332 g/mol. The summed E-state index contributed by atoms with van der Waals surface area (Å²) in [6.07, 6.45) is 5.01. The van der Waals surface area contributed by atoms with E-state index in [4.69, 9.17) is 4.74 Å². The summed E-state index contributed by atoms with van der Waals surface area (Å²) in [7, 11) is -3.37. The Labute approximate surface area is 121 Å². The fourth-order valence-corrected chi connectivity index (χ4v) is 4.03. The van der Waals surface area contributed by atoms with Crippen LogP contribution in [0.4, 0.5) is 0 Å². The number of ether oxygens (including phenoxy) is 1. The van der Waals surface area contributed by atoms with Gasteiger partial charge in [0.25, 0.3) is 0 Å². The van der Waals surface area contributed by atoms with Gasteiger partial charge in [-0.05, 0) is 59.8 Å². The third kappa shape index (κ3) is 3.57. The Morgan fingerprint density at radius 1 is 1.32 bits per heavy atom. The van der Waals surface area contributed by atoms with E-state index in [1.165, 1.54) is 6.07 Å². The van der Waals surface area contributed by atoms with Gasteiger partial charge in [0, 0.05) is 10.7 Å². The van der Waals surface area contributed by atoms with Crippen LogP contribution in [0.15, 0.2) is 27.6 Å². The number of sulfone groups is 1. The van der Waals surface area contributed by atoms with Crippen LogP contribution in [0.25, 0.3) is 0 Å². The summed E-state index contributed by atoms with van der Waals surface area (Å²) in [6, 6.07) is 4.48. The van der Waals surface area contributed by atoms with Gasteiger partial charge in [-0.15, -0.1) is 0 Å². The van der Waals surface area contributed by atoms with Crippen LogP contribution in [0.2, 0.25) is 0 Å². The van der Waals surface area contributed by atoms with Crippen molar-refractivity contribution in [1.82, 2.24) is 0 Å². The van der Waals surface area contributed by atoms with Gasteiger partial charge in [-0.25, -0.2) is 13.2 Å². The first-order valence-corrected chi connectivity index (χ1v) is 8.77. The molecule has 0 heterocycles. The molecule has 0 aromatic heterocycles. The van der Waals surface area contributed by atoms with Gasteiger partial charge in [-0.3, -0.25) is 0 Å². The monoisotopic (exact) mass is 346 g/mol. The van der Waals surface area contributed by atoms with Crippen LogP contribution in [0.5, 0.6) is 0 Å². The zero-order valence-electron chi connectivity index (χ0n) is 10.6. The average molecular weight is 347 g/mol. The average Bonchev–Trinajstić information content (AvgIpc) is 2.80. The van der Waals surface area contributed by atoms with Gasteiger partial charge in [0.05, 0.1) is 10.5 Å². The van der Waals surface area contributed by atoms with Gasteiger partial charge in [0.1, 0.15) is 6.10 Å². The number of halogens is 1. The number of carbonyl (C=O) groups excluding carboxylic acids is 1. The summed E-state index contributed by atoms with van der Waals surface area (Å²) >= 11 is 3.17. The lowest BCUT2D eigenvalue weighted by Crippen LogP contribution is -2.15. The Bertz CT molecular complexity index is 589. The molecule has 1 aliphatic carbocycles. The van der Waals surface area contributed by atoms with Crippen molar-refractivity contribution in [2.24, 2.45) is 0 Å². The first kappa shape index (κ1) is 14.5. The lowest BCUT2D eigenvalue weighted by Gasteiger charge is -2.12. The van der Waals surface area contributed by atoms with E-state index in [-0.39, 0.29) is 16.6 Å². The highest BCUT2D eigenvalue weighted by molar-refractivity contribution is 9.10. The number of hydrogen-bond acceptors (Lipinski definition) is 4.